The third kappa shape index (κ3) is 7.03. The van der Waals surface area contributed by atoms with Crippen LogP contribution in [0.3, 0.4) is 0 Å². The molecule has 0 aromatic heterocycles. The molecule has 0 saturated carbocycles. The highest BCUT2D eigenvalue weighted by atomic mass is 16.7. The summed E-state index contributed by atoms with van der Waals surface area (Å²) < 4.78 is 15.3. The number of carbonyl (C=O) groups is 1. The third-order valence-corrected chi connectivity index (χ3v) is 5.17. The Bertz CT molecular complexity index is 761. The van der Waals surface area contributed by atoms with Gasteiger partial charge < -0.3 is 65.5 Å². The summed E-state index contributed by atoms with van der Waals surface area (Å²) in [7, 11) is 0. The number of hydrogen-bond acceptors (Lipinski definition) is 13. The van der Waals surface area contributed by atoms with Crippen LogP contribution in [0.25, 0.3) is 0 Å². The molecular weight excluding hydrogens is 462 g/mol. The third-order valence-electron chi connectivity index (χ3n) is 5.17. The number of carbonyl (C=O) groups excluding carboxylic acids is 1. The maximum atomic E-state index is 10.5. The second-order valence-electron chi connectivity index (χ2n) is 7.75. The molecule has 2 saturated heterocycles. The van der Waals surface area contributed by atoms with Crippen molar-refractivity contribution in [1.29, 1.82) is 0 Å². The summed E-state index contributed by atoms with van der Waals surface area (Å²) in [5.74, 6) is 0.0785. The van der Waals surface area contributed by atoms with Gasteiger partial charge in [-0.25, -0.2) is 0 Å². The van der Waals surface area contributed by atoms with E-state index in [4.69, 9.17) is 24.4 Å². The molecule has 0 aliphatic carbocycles. The molecule has 2 heterocycles. The van der Waals surface area contributed by atoms with Crippen molar-refractivity contribution in [2.45, 2.75) is 68.3 Å². The topological polar surface area (TPSA) is 239 Å². The second kappa shape index (κ2) is 12.7. The van der Waals surface area contributed by atoms with Crippen molar-refractivity contribution >= 4 is 11.6 Å². The molecule has 34 heavy (non-hydrogen) atoms. The molecule has 0 spiro atoms. The number of aromatic hydroxyl groups is 1. The van der Waals surface area contributed by atoms with Gasteiger partial charge in [0.05, 0.1) is 13.2 Å². The van der Waals surface area contributed by atoms with Gasteiger partial charge in [0, 0.05) is 12.6 Å². The summed E-state index contributed by atoms with van der Waals surface area (Å²) in [4.78, 5) is 10.5. The van der Waals surface area contributed by atoms with Crippen LogP contribution in [0.2, 0.25) is 0 Å². The lowest BCUT2D eigenvalue weighted by Crippen LogP contribution is -2.64. The van der Waals surface area contributed by atoms with Gasteiger partial charge in [0.25, 0.3) is 0 Å². The molecule has 3 rings (SSSR count). The number of phenolic OH excluding ortho intramolecular Hbond substituents is 1. The molecule has 10 N–H and O–H groups in total. The average molecular weight is 493 g/mol. The monoisotopic (exact) mass is 493 g/mol. The first kappa shape index (κ1) is 28.3. The number of ether oxygens (including phenoxy) is 3. The van der Waals surface area contributed by atoms with Crippen molar-refractivity contribution < 1.29 is 65.0 Å². The van der Waals surface area contributed by atoms with E-state index in [1.54, 1.807) is 12.1 Å². The number of anilines is 1. The number of rotatable bonds is 5. The minimum Gasteiger partial charge on any atom is -0.508 e. The van der Waals surface area contributed by atoms with Gasteiger partial charge in [0.1, 0.15) is 54.6 Å². The van der Waals surface area contributed by atoms with E-state index in [1.165, 1.54) is 19.1 Å². The Balaban J connectivity index is 0.000000310. The number of aliphatic hydroxyl groups excluding tert-OH is 8. The number of hydrogen-bond donors (Lipinski definition) is 10. The lowest BCUT2D eigenvalue weighted by atomic mass is 9.97. The number of aliphatic hydroxyl groups is 8. The summed E-state index contributed by atoms with van der Waals surface area (Å²) >= 11 is 0. The highest BCUT2D eigenvalue weighted by molar-refractivity contribution is 5.88. The van der Waals surface area contributed by atoms with Crippen molar-refractivity contribution in [3.8, 4) is 5.75 Å². The van der Waals surface area contributed by atoms with Gasteiger partial charge in [0.15, 0.2) is 12.6 Å². The van der Waals surface area contributed by atoms with Crippen LogP contribution in [-0.4, -0.2) is 126 Å². The number of phenols is 1. The van der Waals surface area contributed by atoms with E-state index in [0.29, 0.717) is 5.69 Å². The smallest absolute Gasteiger partial charge is 0.221 e. The molecule has 10 atom stereocenters. The van der Waals surface area contributed by atoms with Crippen LogP contribution in [0.4, 0.5) is 5.69 Å². The lowest BCUT2D eigenvalue weighted by Gasteiger charge is -2.45. The first-order valence-corrected chi connectivity index (χ1v) is 10.3. The second-order valence-corrected chi connectivity index (χ2v) is 7.75. The van der Waals surface area contributed by atoms with Gasteiger partial charge in [-0.1, -0.05) is 0 Å². The van der Waals surface area contributed by atoms with Gasteiger partial charge in [0.2, 0.25) is 5.91 Å². The molecule has 1 amide bonds. The number of benzene rings is 1. The Kier molecular flexibility index (Phi) is 10.5. The Morgan fingerprint density at radius 1 is 0.853 bits per heavy atom. The Morgan fingerprint density at radius 3 is 1.97 bits per heavy atom. The lowest BCUT2D eigenvalue weighted by molar-refractivity contribution is -0.355. The maximum absolute atomic E-state index is 10.5. The summed E-state index contributed by atoms with van der Waals surface area (Å²) in [5.41, 5.74) is 0.690. The zero-order valence-electron chi connectivity index (χ0n) is 18.2. The molecule has 0 radical (unpaired) electrons. The molecule has 0 bridgehead atoms. The molecule has 1 aromatic rings. The standard InChI is InChI=1S/C12H22O11.C8H9NO2/c13-1-3-5(15)6(16)9(19)12(22-3)23-10-4(2-14)21-11(20)8(18)7(10)17;1-6(10)9-7-2-4-8(11)5-3-7/h3-20H,1-2H2;2-5,11H,1H3,(H,9,10)/t3-,4-,5+,6+,7-,8+,9-,10-,11?,12+;/m1./s1. The van der Waals surface area contributed by atoms with E-state index < -0.39 is 74.6 Å². The van der Waals surface area contributed by atoms with Gasteiger partial charge in [-0.2, -0.15) is 0 Å². The largest absolute Gasteiger partial charge is 0.508 e. The fourth-order valence-electron chi connectivity index (χ4n) is 3.32. The zero-order valence-corrected chi connectivity index (χ0v) is 18.2. The predicted octanol–water partition coefficient (Wildman–Crippen LogP) is -4.05. The summed E-state index contributed by atoms with van der Waals surface area (Å²) in [6, 6.07) is 6.31. The fourth-order valence-corrected chi connectivity index (χ4v) is 3.32. The number of amides is 1. The van der Waals surface area contributed by atoms with Crippen LogP contribution in [-0.2, 0) is 19.0 Å². The van der Waals surface area contributed by atoms with E-state index in [-0.39, 0.29) is 11.7 Å². The summed E-state index contributed by atoms with van der Waals surface area (Å²) in [6.45, 7) is 0.0923. The maximum Gasteiger partial charge on any atom is 0.221 e. The Morgan fingerprint density at radius 2 is 1.44 bits per heavy atom. The van der Waals surface area contributed by atoms with Gasteiger partial charge in [-0.15, -0.1) is 0 Å². The minimum atomic E-state index is -1.74. The predicted molar refractivity (Wildman–Crippen MR) is 111 cm³/mol. The van der Waals surface area contributed by atoms with Gasteiger partial charge in [-0.3, -0.25) is 4.79 Å². The first-order chi connectivity index (χ1) is 16.0. The molecule has 1 unspecified atom stereocenters. The van der Waals surface area contributed by atoms with Crippen LogP contribution in [0, 0.1) is 0 Å². The van der Waals surface area contributed by atoms with E-state index >= 15 is 0 Å². The SMILES string of the molecule is CC(=O)Nc1ccc(O)cc1.OC[C@H]1O[C@@H](O[C@H]2[C@H](O)[C@H](O)C(O)O[C@@H]2CO)[C@H](O)[C@@H](O)[C@H]1O. The normalized spacial score (nSPS) is 37.9. The van der Waals surface area contributed by atoms with Crippen LogP contribution in [0.1, 0.15) is 6.92 Å². The molecule has 1 aromatic carbocycles. The van der Waals surface area contributed by atoms with E-state index in [9.17, 15) is 40.5 Å². The van der Waals surface area contributed by atoms with Crippen LogP contribution >= 0.6 is 0 Å². The van der Waals surface area contributed by atoms with Crippen LogP contribution < -0.4 is 5.32 Å². The average Bonchev–Trinajstić information content (AvgIpc) is 2.80. The van der Waals surface area contributed by atoms with E-state index in [1.807, 2.05) is 0 Å². The zero-order chi connectivity index (χ0) is 25.6. The van der Waals surface area contributed by atoms with Crippen molar-refractivity contribution in [1.82, 2.24) is 0 Å². The molecular formula is C20H31NO13. The molecule has 2 aliphatic rings. The highest BCUT2D eigenvalue weighted by Gasteiger charge is 2.50. The number of nitrogens with one attached hydrogen (secondary N) is 1. The molecule has 2 aliphatic heterocycles. The van der Waals surface area contributed by atoms with Crippen LogP contribution in [0.15, 0.2) is 24.3 Å². The van der Waals surface area contributed by atoms with Crippen molar-refractivity contribution in [3.63, 3.8) is 0 Å². The van der Waals surface area contributed by atoms with Crippen molar-refractivity contribution in [2.24, 2.45) is 0 Å². The van der Waals surface area contributed by atoms with Crippen molar-refractivity contribution in [3.05, 3.63) is 24.3 Å². The fraction of sp³-hybridized carbons (Fsp3) is 0.650. The Labute approximate surface area is 194 Å². The molecule has 194 valence electrons. The molecule has 14 nitrogen and oxygen atoms in total. The molecule has 14 heteroatoms. The first-order valence-electron chi connectivity index (χ1n) is 10.3. The van der Waals surface area contributed by atoms with Gasteiger partial charge in [-0.05, 0) is 24.3 Å². The van der Waals surface area contributed by atoms with E-state index in [0.717, 1.165) is 0 Å². The Hall–Kier alpha value is -1.95. The molecule has 2 fully saturated rings. The van der Waals surface area contributed by atoms with Crippen LogP contribution in [0.5, 0.6) is 5.75 Å². The van der Waals surface area contributed by atoms with Gasteiger partial charge >= 0.3 is 0 Å². The van der Waals surface area contributed by atoms with E-state index in [2.05, 4.69) is 5.32 Å². The minimum absolute atomic E-state index is 0.115. The summed E-state index contributed by atoms with van der Waals surface area (Å²) in [5, 5.41) is 87.9. The quantitative estimate of drug-likeness (QED) is 0.176. The van der Waals surface area contributed by atoms with Crippen molar-refractivity contribution in [2.75, 3.05) is 18.5 Å². The summed E-state index contributed by atoms with van der Waals surface area (Å²) in [6.07, 6.45) is -15.6. The highest BCUT2D eigenvalue weighted by Crippen LogP contribution is 2.28.